The van der Waals surface area contributed by atoms with E-state index in [9.17, 15) is 14.7 Å². The van der Waals surface area contributed by atoms with Crippen molar-refractivity contribution < 1.29 is 19.4 Å². The molecule has 0 spiro atoms. The molecule has 6 heteroatoms. The summed E-state index contributed by atoms with van der Waals surface area (Å²) in [5.41, 5.74) is 1.95. The first-order valence-corrected chi connectivity index (χ1v) is 8.07. The van der Waals surface area contributed by atoms with Gasteiger partial charge in [-0.05, 0) is 30.5 Å². The van der Waals surface area contributed by atoms with Gasteiger partial charge in [-0.2, -0.15) is 0 Å². The molecule has 1 fully saturated rings. The number of carboxylic acids is 1. The number of aryl methyl sites for hydroxylation is 1. The number of nitrogens with zero attached hydrogens (tertiary/aromatic N) is 1. The van der Waals surface area contributed by atoms with Crippen LogP contribution in [0.15, 0.2) is 36.5 Å². The van der Waals surface area contributed by atoms with E-state index in [-0.39, 0.29) is 18.6 Å². The third-order valence-corrected chi connectivity index (χ3v) is 4.33. The molecule has 2 heterocycles. The molecule has 24 heavy (non-hydrogen) atoms. The molecule has 6 nitrogen and oxygen atoms in total. The Balaban J connectivity index is 1.57. The first-order valence-electron chi connectivity index (χ1n) is 8.07. The fraction of sp³-hybridized carbons (Fsp3) is 0.389. The van der Waals surface area contributed by atoms with Crippen molar-refractivity contribution in [3.05, 3.63) is 42.1 Å². The average Bonchev–Trinajstić information content (AvgIpc) is 2.60. The minimum Gasteiger partial charge on any atom is -0.481 e. The third-order valence-electron chi connectivity index (χ3n) is 4.33. The van der Waals surface area contributed by atoms with Gasteiger partial charge in [0.1, 0.15) is 5.92 Å². The van der Waals surface area contributed by atoms with E-state index in [1.165, 1.54) is 0 Å². The van der Waals surface area contributed by atoms with Crippen molar-refractivity contribution >= 4 is 22.8 Å². The molecule has 1 amide bonds. The summed E-state index contributed by atoms with van der Waals surface area (Å²) in [5.74, 6) is -1.73. The summed E-state index contributed by atoms with van der Waals surface area (Å²) in [5, 5.41) is 13.1. The molecule has 2 N–H and O–H groups in total. The molecular formula is C18H20N2O4. The van der Waals surface area contributed by atoms with E-state index in [0.29, 0.717) is 25.9 Å². The van der Waals surface area contributed by atoms with Crippen LogP contribution in [-0.2, 0) is 20.7 Å². The van der Waals surface area contributed by atoms with E-state index in [1.807, 2.05) is 30.3 Å². The molecule has 3 rings (SSSR count). The lowest BCUT2D eigenvalue weighted by atomic mass is 9.95. The number of nitrogens with one attached hydrogen (secondary N) is 1. The van der Waals surface area contributed by atoms with Gasteiger partial charge in [0.05, 0.1) is 12.1 Å². The Morgan fingerprint density at radius 2 is 2.21 bits per heavy atom. The number of carbonyl (C=O) groups excluding carboxylic acids is 1. The Kier molecular flexibility index (Phi) is 5.05. The predicted octanol–water partition coefficient (Wildman–Crippen LogP) is 1.77. The van der Waals surface area contributed by atoms with Crippen molar-refractivity contribution in [1.29, 1.82) is 0 Å². The van der Waals surface area contributed by atoms with Crippen LogP contribution in [0, 0.1) is 5.92 Å². The minimum absolute atomic E-state index is 0.130. The molecule has 1 aliphatic heterocycles. The van der Waals surface area contributed by atoms with Crippen LogP contribution in [0.3, 0.4) is 0 Å². The number of aliphatic carboxylic acids is 1. The predicted molar refractivity (Wildman–Crippen MR) is 88.6 cm³/mol. The normalized spacial score (nSPS) is 20.7. The van der Waals surface area contributed by atoms with Gasteiger partial charge in [-0.15, -0.1) is 0 Å². The van der Waals surface area contributed by atoms with E-state index < -0.39 is 11.9 Å². The molecule has 1 aromatic heterocycles. The molecule has 126 valence electrons. The van der Waals surface area contributed by atoms with Gasteiger partial charge in [0.15, 0.2) is 0 Å². The zero-order valence-corrected chi connectivity index (χ0v) is 13.3. The first kappa shape index (κ1) is 16.4. The highest BCUT2D eigenvalue weighted by Gasteiger charge is 2.32. The number of carboxylic acid groups (broad SMARTS) is 1. The fourth-order valence-electron chi connectivity index (χ4n) is 2.96. The van der Waals surface area contributed by atoms with Gasteiger partial charge in [0, 0.05) is 30.7 Å². The lowest BCUT2D eigenvalue weighted by Gasteiger charge is -2.29. The van der Waals surface area contributed by atoms with E-state index >= 15 is 0 Å². The highest BCUT2D eigenvalue weighted by atomic mass is 16.5. The number of aromatic nitrogens is 1. The standard InChI is InChI=1S/C18H20N2O4/c21-17(20-15-7-9-24-11-14(15)18(22)23)6-4-12-3-5-13-2-1-8-19-16(13)10-12/h1-3,5,8,10,14-15H,4,6-7,9,11H2,(H,20,21)(H,22,23)/t14-,15+/m1/s1. The van der Waals surface area contributed by atoms with Gasteiger partial charge in [-0.3, -0.25) is 14.6 Å². The average molecular weight is 328 g/mol. The third kappa shape index (κ3) is 3.89. The number of amides is 1. The van der Waals surface area contributed by atoms with Crippen LogP contribution in [0.25, 0.3) is 10.9 Å². The number of rotatable bonds is 5. The monoisotopic (exact) mass is 328 g/mol. The Morgan fingerprint density at radius 1 is 1.33 bits per heavy atom. The second kappa shape index (κ2) is 7.40. The molecule has 0 radical (unpaired) electrons. The fourth-order valence-corrected chi connectivity index (χ4v) is 2.96. The topological polar surface area (TPSA) is 88.5 Å². The summed E-state index contributed by atoms with van der Waals surface area (Å²) in [7, 11) is 0. The molecule has 0 aliphatic carbocycles. The SMILES string of the molecule is O=C(CCc1ccc2cccnc2c1)N[C@H]1CCOC[C@H]1C(=O)O. The molecule has 0 unspecified atom stereocenters. The van der Waals surface area contributed by atoms with Crippen LogP contribution in [0.1, 0.15) is 18.4 Å². The Labute approximate surface area is 139 Å². The van der Waals surface area contributed by atoms with Gasteiger partial charge in [-0.25, -0.2) is 0 Å². The highest BCUT2D eigenvalue weighted by Crippen LogP contribution is 2.17. The van der Waals surface area contributed by atoms with Gasteiger partial charge in [0.25, 0.3) is 0 Å². The zero-order valence-electron chi connectivity index (χ0n) is 13.3. The Morgan fingerprint density at radius 3 is 3.04 bits per heavy atom. The van der Waals surface area contributed by atoms with E-state index in [0.717, 1.165) is 16.5 Å². The van der Waals surface area contributed by atoms with Gasteiger partial charge < -0.3 is 15.2 Å². The molecule has 1 aliphatic rings. The lowest BCUT2D eigenvalue weighted by Crippen LogP contribution is -2.48. The van der Waals surface area contributed by atoms with Crippen molar-refractivity contribution in [3.63, 3.8) is 0 Å². The van der Waals surface area contributed by atoms with E-state index in [2.05, 4.69) is 10.3 Å². The highest BCUT2D eigenvalue weighted by molar-refractivity contribution is 5.80. The molecular weight excluding hydrogens is 308 g/mol. The van der Waals surface area contributed by atoms with Gasteiger partial charge in [0.2, 0.25) is 5.91 Å². The maximum Gasteiger partial charge on any atom is 0.310 e. The van der Waals surface area contributed by atoms with Crippen LogP contribution in [0.2, 0.25) is 0 Å². The van der Waals surface area contributed by atoms with Crippen LogP contribution < -0.4 is 5.32 Å². The number of benzene rings is 1. The quantitative estimate of drug-likeness (QED) is 0.873. The summed E-state index contributed by atoms with van der Waals surface area (Å²) in [6.45, 7) is 0.627. The van der Waals surface area contributed by atoms with Crippen molar-refractivity contribution in [2.24, 2.45) is 5.92 Å². The summed E-state index contributed by atoms with van der Waals surface area (Å²) in [4.78, 5) is 27.7. The van der Waals surface area contributed by atoms with E-state index in [4.69, 9.17) is 4.74 Å². The molecule has 1 saturated heterocycles. The molecule has 0 saturated carbocycles. The number of carbonyl (C=O) groups is 2. The zero-order chi connectivity index (χ0) is 16.9. The maximum absolute atomic E-state index is 12.2. The van der Waals surface area contributed by atoms with Gasteiger partial charge in [-0.1, -0.05) is 18.2 Å². The number of fused-ring (bicyclic) bond motifs is 1. The largest absolute Gasteiger partial charge is 0.481 e. The molecule has 0 bridgehead atoms. The Hall–Kier alpha value is -2.47. The van der Waals surface area contributed by atoms with Crippen LogP contribution in [0.5, 0.6) is 0 Å². The second-order valence-electron chi connectivity index (χ2n) is 6.01. The maximum atomic E-state index is 12.2. The van der Waals surface area contributed by atoms with Crippen LogP contribution in [-0.4, -0.2) is 41.2 Å². The summed E-state index contributed by atoms with van der Waals surface area (Å²) in [6, 6.07) is 9.50. The van der Waals surface area contributed by atoms with Crippen LogP contribution in [0.4, 0.5) is 0 Å². The molecule has 2 aromatic rings. The lowest BCUT2D eigenvalue weighted by molar-refractivity contribution is -0.148. The van der Waals surface area contributed by atoms with Crippen LogP contribution >= 0.6 is 0 Å². The van der Waals surface area contributed by atoms with Crippen molar-refractivity contribution in [3.8, 4) is 0 Å². The molecule has 2 atom stereocenters. The van der Waals surface area contributed by atoms with Crippen molar-refractivity contribution in [1.82, 2.24) is 10.3 Å². The number of pyridine rings is 1. The molecule has 1 aromatic carbocycles. The second-order valence-corrected chi connectivity index (χ2v) is 6.01. The van der Waals surface area contributed by atoms with Gasteiger partial charge >= 0.3 is 5.97 Å². The Bertz CT molecular complexity index is 747. The summed E-state index contributed by atoms with van der Waals surface area (Å²) < 4.78 is 5.19. The number of hydrogen-bond acceptors (Lipinski definition) is 4. The van der Waals surface area contributed by atoms with Crippen molar-refractivity contribution in [2.45, 2.75) is 25.3 Å². The summed E-state index contributed by atoms with van der Waals surface area (Å²) in [6.07, 6.45) is 3.19. The van der Waals surface area contributed by atoms with Crippen molar-refractivity contribution in [2.75, 3.05) is 13.2 Å². The first-order chi connectivity index (χ1) is 11.6. The van der Waals surface area contributed by atoms with E-state index in [1.54, 1.807) is 6.20 Å². The number of hydrogen-bond donors (Lipinski definition) is 2. The summed E-state index contributed by atoms with van der Waals surface area (Å²) >= 11 is 0. The minimum atomic E-state index is -0.930. The smallest absolute Gasteiger partial charge is 0.310 e. The number of ether oxygens (including phenoxy) is 1.